The summed E-state index contributed by atoms with van der Waals surface area (Å²) in [6.07, 6.45) is 1.75. The quantitative estimate of drug-likeness (QED) is 0.219. The van der Waals surface area contributed by atoms with Gasteiger partial charge in [0.15, 0.2) is 17.5 Å². The van der Waals surface area contributed by atoms with Crippen LogP contribution in [0.4, 0.5) is 18.9 Å². The summed E-state index contributed by atoms with van der Waals surface area (Å²) in [6, 6.07) is 5.80. The fraction of sp³-hybridized carbons (Fsp3) is 0.182. The number of nitrogens with one attached hydrogen (secondary N) is 1. The molecule has 9 heteroatoms. The van der Waals surface area contributed by atoms with Gasteiger partial charge in [-0.05, 0) is 43.0 Å². The number of anilines is 1. The molecule has 0 aliphatic rings. The minimum Gasteiger partial charge on any atom is -0.461 e. The van der Waals surface area contributed by atoms with Crippen molar-refractivity contribution in [1.29, 1.82) is 0 Å². The first-order valence-corrected chi connectivity index (χ1v) is 10.1. The molecule has 1 N–H and O–H groups in total. The number of rotatable bonds is 6. The highest BCUT2D eigenvalue weighted by Crippen LogP contribution is 2.30. The molecule has 0 fully saturated rings. The summed E-state index contributed by atoms with van der Waals surface area (Å²) in [6.45, 7) is 8.44. The summed E-state index contributed by atoms with van der Waals surface area (Å²) in [5.41, 5.74) is 0.731. The molecule has 2 aromatic rings. The van der Waals surface area contributed by atoms with Crippen LogP contribution in [-0.2, 0) is 9.53 Å². The predicted molar refractivity (Wildman–Crippen MR) is 118 cm³/mol. The number of carbonyl (C=O) groups excluding carboxylic acids is 2. The van der Waals surface area contributed by atoms with E-state index in [9.17, 15) is 22.8 Å². The number of carbonyl (C=O) groups is 2. The summed E-state index contributed by atoms with van der Waals surface area (Å²) < 4.78 is 44.4. The minimum absolute atomic E-state index is 0.127. The monoisotopic (exact) mass is 471 g/mol. The predicted octanol–water partition coefficient (Wildman–Crippen LogP) is 6.76. The van der Waals surface area contributed by atoms with Crippen LogP contribution in [0.2, 0.25) is 5.02 Å². The molecular formula is C22H21ClF3NO3S. The van der Waals surface area contributed by atoms with Crippen LogP contribution in [0.15, 0.2) is 58.9 Å². The Bertz CT molecular complexity index is 973. The van der Waals surface area contributed by atoms with E-state index in [0.717, 1.165) is 5.57 Å². The van der Waals surface area contributed by atoms with Crippen LogP contribution in [0, 0.1) is 17.5 Å². The lowest BCUT2D eigenvalue weighted by Gasteiger charge is -2.09. The minimum atomic E-state index is -1.61. The molecule has 31 heavy (non-hydrogen) atoms. The van der Waals surface area contributed by atoms with Crippen LogP contribution >= 0.6 is 23.4 Å². The summed E-state index contributed by atoms with van der Waals surface area (Å²) in [5.74, 6) is -5.47. The normalized spacial score (nSPS) is 10.6. The van der Waals surface area contributed by atoms with E-state index >= 15 is 0 Å². The van der Waals surface area contributed by atoms with Crippen LogP contribution in [0.3, 0.4) is 0 Å². The lowest BCUT2D eigenvalue weighted by Crippen LogP contribution is -2.12. The summed E-state index contributed by atoms with van der Waals surface area (Å²) >= 11 is 7.34. The molecule has 0 unspecified atom stereocenters. The summed E-state index contributed by atoms with van der Waals surface area (Å²) in [4.78, 5) is 23.7. The van der Waals surface area contributed by atoms with E-state index in [-0.39, 0.29) is 17.9 Å². The van der Waals surface area contributed by atoms with Gasteiger partial charge in [-0.25, -0.2) is 13.2 Å². The smallest absolute Gasteiger partial charge is 0.302 e. The van der Waals surface area contributed by atoms with E-state index in [4.69, 9.17) is 16.3 Å². The molecule has 0 spiro atoms. The van der Waals surface area contributed by atoms with Gasteiger partial charge in [-0.1, -0.05) is 29.4 Å². The fourth-order valence-corrected chi connectivity index (χ4v) is 3.00. The van der Waals surface area contributed by atoms with E-state index in [1.165, 1.54) is 36.9 Å². The first-order chi connectivity index (χ1) is 14.6. The second-order valence-electron chi connectivity index (χ2n) is 6.12. The van der Waals surface area contributed by atoms with Gasteiger partial charge in [0.1, 0.15) is 6.61 Å². The number of ether oxygens (including phenoxy) is 1. The Balaban J connectivity index is 0.00000151. The molecule has 2 aromatic carbocycles. The molecule has 4 nitrogen and oxygen atoms in total. The number of amides is 1. The van der Waals surface area contributed by atoms with Gasteiger partial charge in [-0.15, -0.1) is 6.58 Å². The lowest BCUT2D eigenvalue weighted by atomic mass is 10.2. The van der Waals surface area contributed by atoms with Crippen molar-refractivity contribution in [2.24, 2.45) is 0 Å². The zero-order chi connectivity index (χ0) is 23.6. The third-order valence-electron chi connectivity index (χ3n) is 3.33. The number of hydrogen-bond donors (Lipinski definition) is 1. The van der Waals surface area contributed by atoms with Crippen LogP contribution in [0.5, 0.6) is 0 Å². The van der Waals surface area contributed by atoms with E-state index in [2.05, 4.69) is 11.9 Å². The Hall–Kier alpha value is -2.71. The Morgan fingerprint density at radius 2 is 1.74 bits per heavy atom. The van der Waals surface area contributed by atoms with Gasteiger partial charge in [0, 0.05) is 35.2 Å². The van der Waals surface area contributed by atoms with E-state index in [1.807, 2.05) is 6.92 Å². The maximum Gasteiger partial charge on any atom is 0.302 e. The van der Waals surface area contributed by atoms with Crippen LogP contribution in [-0.4, -0.2) is 18.5 Å². The van der Waals surface area contributed by atoms with Gasteiger partial charge in [-0.2, -0.15) is 0 Å². The fourth-order valence-electron chi connectivity index (χ4n) is 1.98. The van der Waals surface area contributed by atoms with E-state index in [1.54, 1.807) is 18.4 Å². The third-order valence-corrected chi connectivity index (χ3v) is 4.88. The largest absolute Gasteiger partial charge is 0.461 e. The van der Waals surface area contributed by atoms with Gasteiger partial charge >= 0.3 is 5.97 Å². The molecule has 0 bridgehead atoms. The van der Waals surface area contributed by atoms with Gasteiger partial charge in [0.2, 0.25) is 0 Å². The highest BCUT2D eigenvalue weighted by molar-refractivity contribution is 8.02. The van der Waals surface area contributed by atoms with Crippen molar-refractivity contribution in [2.45, 2.75) is 25.7 Å². The van der Waals surface area contributed by atoms with Crippen molar-refractivity contribution in [1.82, 2.24) is 0 Å². The SMILES string of the molecule is C=CC.CC(=O)OC/C(C)=C/Sc1cc(C(=O)Nc2cc(F)c(F)c(F)c2)ccc1Cl. The molecule has 0 aliphatic heterocycles. The Morgan fingerprint density at radius 1 is 1.16 bits per heavy atom. The number of allylic oxidation sites excluding steroid dienone is 1. The van der Waals surface area contributed by atoms with Gasteiger partial charge in [-0.3, -0.25) is 9.59 Å². The van der Waals surface area contributed by atoms with Crippen molar-refractivity contribution >= 4 is 40.9 Å². The van der Waals surface area contributed by atoms with Gasteiger partial charge in [0.25, 0.3) is 5.91 Å². The molecular weight excluding hydrogens is 451 g/mol. The second-order valence-corrected chi connectivity index (χ2v) is 7.44. The van der Waals surface area contributed by atoms with E-state index in [0.29, 0.717) is 22.1 Å². The average molecular weight is 472 g/mol. The van der Waals surface area contributed by atoms with Crippen LogP contribution in [0.1, 0.15) is 31.1 Å². The van der Waals surface area contributed by atoms with Gasteiger partial charge in [0.05, 0.1) is 5.02 Å². The zero-order valence-corrected chi connectivity index (χ0v) is 18.7. The first-order valence-electron chi connectivity index (χ1n) is 8.87. The Kier molecular flexibility index (Phi) is 10.9. The number of esters is 1. The zero-order valence-electron chi connectivity index (χ0n) is 17.1. The van der Waals surface area contributed by atoms with E-state index < -0.39 is 29.3 Å². The maximum atomic E-state index is 13.3. The number of benzene rings is 2. The van der Waals surface area contributed by atoms with Crippen molar-refractivity contribution in [2.75, 3.05) is 11.9 Å². The highest BCUT2D eigenvalue weighted by Gasteiger charge is 2.14. The van der Waals surface area contributed by atoms with Gasteiger partial charge < -0.3 is 10.1 Å². The molecule has 0 saturated carbocycles. The third kappa shape index (κ3) is 8.90. The molecule has 166 valence electrons. The van der Waals surface area contributed by atoms with Crippen LogP contribution in [0.25, 0.3) is 0 Å². The summed E-state index contributed by atoms with van der Waals surface area (Å²) in [7, 11) is 0. The number of halogens is 4. The van der Waals surface area contributed by atoms with Crippen molar-refractivity contribution in [3.8, 4) is 0 Å². The number of hydrogen-bond acceptors (Lipinski definition) is 4. The van der Waals surface area contributed by atoms with Crippen LogP contribution < -0.4 is 5.32 Å². The number of thioether (sulfide) groups is 1. The average Bonchev–Trinajstić information content (AvgIpc) is 2.70. The lowest BCUT2D eigenvalue weighted by molar-refractivity contribution is -0.139. The molecule has 0 atom stereocenters. The maximum absolute atomic E-state index is 13.3. The molecule has 0 aliphatic carbocycles. The topological polar surface area (TPSA) is 55.4 Å². The van der Waals surface area contributed by atoms with Crippen molar-refractivity contribution < 1.29 is 27.5 Å². The molecule has 2 rings (SSSR count). The molecule has 0 radical (unpaired) electrons. The summed E-state index contributed by atoms with van der Waals surface area (Å²) in [5, 5.41) is 4.41. The Labute approximate surface area is 188 Å². The first kappa shape index (κ1) is 26.3. The molecule has 0 saturated heterocycles. The standard InChI is InChI=1S/C19H15ClF3NO3S.C3H6/c1-10(8-27-11(2)25)9-28-17-5-12(3-4-14(17)20)19(26)24-13-6-15(21)18(23)16(22)7-13;1-3-2/h3-7,9H,8H2,1-2H3,(H,24,26);3H,1H2,2H3/b10-9+;. The Morgan fingerprint density at radius 3 is 2.29 bits per heavy atom. The molecule has 0 heterocycles. The van der Waals surface area contributed by atoms with Crippen molar-refractivity contribution in [3.05, 3.63) is 82.0 Å². The van der Waals surface area contributed by atoms with Crippen molar-refractivity contribution in [3.63, 3.8) is 0 Å². The highest BCUT2D eigenvalue weighted by atomic mass is 35.5. The molecule has 1 amide bonds. The second kappa shape index (κ2) is 12.9. The molecule has 0 aromatic heterocycles.